The van der Waals surface area contributed by atoms with E-state index in [-0.39, 0.29) is 36.6 Å². The normalized spacial score (nSPS) is 15.6. The number of hydrogen-bond donors (Lipinski definition) is 8. The van der Waals surface area contributed by atoms with Crippen LogP contribution in [0, 0.1) is 23.2 Å². The van der Waals surface area contributed by atoms with Crippen LogP contribution < -0.4 is 32.7 Å². The van der Waals surface area contributed by atoms with Crippen LogP contribution in [0.15, 0.2) is 0 Å². The van der Waals surface area contributed by atoms with Gasteiger partial charge >= 0.3 is 0 Å². The molecule has 12 nitrogen and oxygen atoms in total. The van der Waals surface area contributed by atoms with E-state index >= 15 is 0 Å². The molecule has 5 atom stereocenters. The van der Waals surface area contributed by atoms with Gasteiger partial charge in [-0.2, -0.15) is 0 Å². The lowest BCUT2D eigenvalue weighted by atomic mass is 9.98. The Morgan fingerprint density at radius 3 is 1.91 bits per heavy atom. The summed E-state index contributed by atoms with van der Waals surface area (Å²) in [6, 6.07) is -4.06. The lowest BCUT2D eigenvalue weighted by Gasteiger charge is -2.27. The number of amides is 3. The number of hydrogen-bond acceptors (Lipinski definition) is 7. The van der Waals surface area contributed by atoms with Gasteiger partial charge in [0.15, 0.2) is 5.96 Å². The van der Waals surface area contributed by atoms with Gasteiger partial charge < -0.3 is 37.8 Å². The Hall–Kier alpha value is -2.73. The molecule has 0 aliphatic rings. The maximum Gasteiger partial charge on any atom is 0.243 e. The summed E-state index contributed by atoms with van der Waals surface area (Å²) in [6.07, 6.45) is 1.56. The van der Waals surface area contributed by atoms with Crippen LogP contribution in [0.4, 0.5) is 0 Å². The maximum atomic E-state index is 13.1. The molecule has 1 radical (unpaired) electrons. The first-order valence-corrected chi connectivity index (χ1v) is 12.0. The highest BCUT2D eigenvalue weighted by Gasteiger charge is 2.32. The Bertz CT molecular complexity index is 714. The summed E-state index contributed by atoms with van der Waals surface area (Å²) >= 11 is 0. The summed E-state index contributed by atoms with van der Waals surface area (Å²) in [4.78, 5) is 49.8. The van der Waals surface area contributed by atoms with Crippen molar-refractivity contribution in [3.05, 3.63) is 0 Å². The third kappa shape index (κ3) is 12.5. The molecule has 3 amide bonds. The van der Waals surface area contributed by atoms with Gasteiger partial charge in [-0.3, -0.25) is 24.6 Å². The molecule has 0 saturated heterocycles. The first-order valence-electron chi connectivity index (χ1n) is 12.0. The van der Waals surface area contributed by atoms with Crippen LogP contribution in [0.2, 0.25) is 0 Å². The third-order valence-electron chi connectivity index (χ3n) is 5.40. The minimum Gasteiger partial charge on any atom is -0.391 e. The Morgan fingerprint density at radius 2 is 1.46 bits per heavy atom. The number of aliphatic hydroxyl groups is 1. The van der Waals surface area contributed by atoms with E-state index in [0.717, 1.165) is 0 Å². The van der Waals surface area contributed by atoms with Crippen LogP contribution in [-0.2, 0) is 19.2 Å². The summed E-state index contributed by atoms with van der Waals surface area (Å²) in [5.41, 5.74) is 11.1. The summed E-state index contributed by atoms with van der Waals surface area (Å²) in [5.74, 6) is -2.47. The molecule has 0 bridgehead atoms. The van der Waals surface area contributed by atoms with Gasteiger partial charge in [0.25, 0.3) is 0 Å². The lowest BCUT2D eigenvalue weighted by Crippen LogP contribution is -2.58. The van der Waals surface area contributed by atoms with E-state index in [2.05, 4.69) is 21.3 Å². The van der Waals surface area contributed by atoms with E-state index in [1.54, 1.807) is 34.0 Å². The number of rotatable bonds is 16. The van der Waals surface area contributed by atoms with Crippen molar-refractivity contribution in [2.45, 2.75) is 91.1 Å². The number of carbonyl (C=O) groups is 3. The van der Waals surface area contributed by atoms with Crippen molar-refractivity contribution in [2.24, 2.45) is 29.2 Å². The zero-order valence-corrected chi connectivity index (χ0v) is 21.7. The first kappa shape index (κ1) is 32.3. The van der Waals surface area contributed by atoms with E-state index in [1.165, 1.54) is 0 Å². The van der Waals surface area contributed by atoms with E-state index in [1.807, 2.05) is 13.8 Å². The number of nitrogens with one attached hydrogen (secondary N) is 5. The highest BCUT2D eigenvalue weighted by Crippen LogP contribution is 2.10. The van der Waals surface area contributed by atoms with Crippen molar-refractivity contribution in [1.82, 2.24) is 21.3 Å². The SMILES string of the molecule is CC(C)C[C@H](NC(=O)[C@@H](N)[C@H](O)C(C)C)C(=O)N[C@H](CCCNC(=N)N)C(=O)N[C@H]([C]=O)C(C)C. The molecule has 0 aliphatic carbocycles. The van der Waals surface area contributed by atoms with Gasteiger partial charge in [-0.05, 0) is 37.0 Å². The van der Waals surface area contributed by atoms with Gasteiger partial charge in [0.1, 0.15) is 18.1 Å². The van der Waals surface area contributed by atoms with Crippen LogP contribution in [0.5, 0.6) is 0 Å². The van der Waals surface area contributed by atoms with Gasteiger partial charge in [0.2, 0.25) is 24.0 Å². The van der Waals surface area contributed by atoms with E-state index in [4.69, 9.17) is 16.9 Å². The molecule has 0 saturated carbocycles. The van der Waals surface area contributed by atoms with Crippen LogP contribution >= 0.6 is 0 Å². The first-order chi connectivity index (χ1) is 16.2. The molecular weight excluding hydrogens is 454 g/mol. The molecule has 0 aromatic heterocycles. The van der Waals surface area contributed by atoms with E-state index < -0.39 is 48.0 Å². The summed E-state index contributed by atoms with van der Waals surface area (Å²) in [7, 11) is 0. The quantitative estimate of drug-likeness (QED) is 0.0738. The molecule has 0 fully saturated rings. The maximum absolute atomic E-state index is 13.1. The van der Waals surface area contributed by atoms with Crippen molar-refractivity contribution in [3.8, 4) is 0 Å². The van der Waals surface area contributed by atoms with Gasteiger partial charge in [-0.25, -0.2) is 0 Å². The number of carbonyl (C=O) groups excluding carboxylic acids is 4. The summed E-state index contributed by atoms with van der Waals surface area (Å²) in [6.45, 7) is 11.0. The molecule has 0 aromatic rings. The topological polar surface area (TPSA) is 213 Å². The Morgan fingerprint density at radius 1 is 0.914 bits per heavy atom. The number of nitrogens with two attached hydrogens (primary N) is 2. The fraction of sp³-hybridized carbons (Fsp3) is 0.783. The Balaban J connectivity index is 5.56. The Kier molecular flexibility index (Phi) is 14.8. The second-order valence-corrected chi connectivity index (χ2v) is 9.84. The van der Waals surface area contributed by atoms with Crippen molar-refractivity contribution >= 4 is 30.0 Å². The van der Waals surface area contributed by atoms with Crippen molar-refractivity contribution in [3.63, 3.8) is 0 Å². The second-order valence-electron chi connectivity index (χ2n) is 9.84. The van der Waals surface area contributed by atoms with Crippen molar-refractivity contribution in [2.75, 3.05) is 6.54 Å². The van der Waals surface area contributed by atoms with E-state index in [0.29, 0.717) is 13.0 Å². The lowest BCUT2D eigenvalue weighted by molar-refractivity contribution is -0.134. The van der Waals surface area contributed by atoms with Gasteiger partial charge in [0, 0.05) is 6.54 Å². The molecular formula is C23H44N7O5. The molecule has 0 rings (SSSR count). The largest absolute Gasteiger partial charge is 0.391 e. The molecule has 0 unspecified atom stereocenters. The fourth-order valence-electron chi connectivity index (χ4n) is 3.20. The summed E-state index contributed by atoms with van der Waals surface area (Å²) in [5, 5.41) is 27.8. The van der Waals surface area contributed by atoms with Crippen LogP contribution in [0.25, 0.3) is 0 Å². The smallest absolute Gasteiger partial charge is 0.243 e. The molecule has 0 spiro atoms. The Labute approximate surface area is 208 Å². The van der Waals surface area contributed by atoms with E-state index in [9.17, 15) is 24.3 Å². The molecule has 0 heterocycles. The molecule has 0 aliphatic heterocycles. The molecule has 12 heteroatoms. The number of guanidine groups is 1. The van der Waals surface area contributed by atoms with Crippen LogP contribution in [-0.4, -0.2) is 71.9 Å². The van der Waals surface area contributed by atoms with Crippen molar-refractivity contribution in [1.29, 1.82) is 5.41 Å². The zero-order chi connectivity index (χ0) is 27.3. The summed E-state index contributed by atoms with van der Waals surface area (Å²) < 4.78 is 0. The zero-order valence-electron chi connectivity index (χ0n) is 21.7. The standard InChI is InChI=1S/C23H44N7O5/c1-12(2)10-16(29-22(35)18(24)19(32)14(5)6)21(34)28-15(8-7-9-27-23(25)26)20(33)30-17(11-31)13(3)4/h12-19,32H,7-10,24H2,1-6H3,(H,28,34)(H,29,35)(H,30,33)(H4,25,26,27)/t15-,16+,17-,18+,19-/m1/s1. The van der Waals surface area contributed by atoms with Crippen LogP contribution in [0.3, 0.4) is 0 Å². The molecule has 0 aromatic carbocycles. The average Bonchev–Trinajstić information content (AvgIpc) is 2.76. The molecule has 35 heavy (non-hydrogen) atoms. The van der Waals surface area contributed by atoms with Crippen molar-refractivity contribution < 1.29 is 24.3 Å². The third-order valence-corrected chi connectivity index (χ3v) is 5.40. The van der Waals surface area contributed by atoms with Gasteiger partial charge in [-0.15, -0.1) is 0 Å². The van der Waals surface area contributed by atoms with Crippen LogP contribution in [0.1, 0.15) is 60.8 Å². The van der Waals surface area contributed by atoms with Gasteiger partial charge in [-0.1, -0.05) is 41.5 Å². The minimum absolute atomic E-state index is 0.0272. The predicted molar refractivity (Wildman–Crippen MR) is 134 cm³/mol. The van der Waals surface area contributed by atoms with Gasteiger partial charge in [0.05, 0.1) is 12.1 Å². The highest BCUT2D eigenvalue weighted by molar-refractivity contribution is 5.93. The average molecular weight is 499 g/mol. The highest BCUT2D eigenvalue weighted by atomic mass is 16.3. The second kappa shape index (κ2) is 16.0. The monoisotopic (exact) mass is 498 g/mol. The number of aliphatic hydroxyl groups excluding tert-OH is 1. The fourth-order valence-corrected chi connectivity index (χ4v) is 3.20. The predicted octanol–water partition coefficient (Wildman–Crippen LogP) is -1.14. The molecule has 201 valence electrons. The minimum atomic E-state index is -1.22. The molecule has 10 N–H and O–H groups in total.